The number of carbonyl (C=O) groups excluding carboxylic acids is 3. The molecule has 1 aromatic carbocycles. The quantitative estimate of drug-likeness (QED) is 0.0816. The molecule has 0 radical (unpaired) electrons. The summed E-state index contributed by atoms with van der Waals surface area (Å²) in [5, 5.41) is 88.4. The summed E-state index contributed by atoms with van der Waals surface area (Å²) in [5.41, 5.74) is -1.72. The molecule has 3 saturated heterocycles. The Morgan fingerprint density at radius 3 is 2.13 bits per heavy atom. The van der Waals surface area contributed by atoms with Gasteiger partial charge in [0.05, 0.1) is 51.8 Å². The number of ether oxygens (including phenoxy) is 10. The smallest absolute Gasteiger partial charge is 0.338 e. The number of Topliss-reactive ketones (excluding diaryl/α,β-unsaturated/α-hetero) is 1. The average Bonchev–Trinajstić information content (AvgIpc) is 3.71. The Hall–Kier alpha value is -3.39. The molecule has 1 aromatic rings. The van der Waals surface area contributed by atoms with Gasteiger partial charge in [-0.15, -0.1) is 0 Å². The fraction of sp³-hybridized carbons (Fsp3) is 0.796. The largest absolute Gasteiger partial charge is 0.493 e. The van der Waals surface area contributed by atoms with Crippen LogP contribution in [0.3, 0.4) is 0 Å². The highest BCUT2D eigenvalue weighted by molar-refractivity contribution is 5.90. The number of hydrogen-bond acceptors (Lipinski definition) is 21. The maximum absolute atomic E-state index is 14.4. The van der Waals surface area contributed by atoms with Crippen molar-refractivity contribution < 1.29 is 103 Å². The van der Waals surface area contributed by atoms with Crippen LogP contribution in [0, 0.1) is 40.4 Å². The number of benzene rings is 1. The second kappa shape index (κ2) is 23.1. The Morgan fingerprint density at radius 2 is 1.47 bits per heavy atom. The SMILES string of the molecule is COc1ccc(C(=O)O[C@H]2[C@H](O[C@@H]3[C@@H](OC(C)=O)[C@H](O[C@H]4C[C@H]5[C@@H]6CC=C7C[C@@H](O[C@@H]8O[C@H](CO)[C@@H](O)[C@H](O)[C@H]8O)CC[C@]7(C)[C@H]6CC[C@]5(C)[C@@]4(O)[C@H](C)C(=O)CCC(C)C)OC[C@@H]3O)OC[C@@H](O)[C@@H]2O)cc1OC. The van der Waals surface area contributed by atoms with Crippen LogP contribution in [0.25, 0.3) is 0 Å². The van der Waals surface area contributed by atoms with Gasteiger partial charge in [0.15, 0.2) is 42.6 Å². The normalized spacial score (nSPS) is 43.1. The van der Waals surface area contributed by atoms with Gasteiger partial charge in [-0.2, -0.15) is 0 Å². The van der Waals surface area contributed by atoms with Gasteiger partial charge in [0.2, 0.25) is 0 Å². The van der Waals surface area contributed by atoms with Crippen molar-refractivity contribution in [1.29, 1.82) is 0 Å². The summed E-state index contributed by atoms with van der Waals surface area (Å²) >= 11 is 0. The Bertz CT molecular complexity index is 2210. The first kappa shape index (κ1) is 57.8. The molecule has 422 valence electrons. The van der Waals surface area contributed by atoms with E-state index in [-0.39, 0.29) is 58.7 Å². The summed E-state index contributed by atoms with van der Waals surface area (Å²) in [6, 6.07) is 4.26. The van der Waals surface area contributed by atoms with Crippen LogP contribution in [-0.2, 0) is 47.5 Å². The third-order valence-electron chi connectivity index (χ3n) is 18.2. The fourth-order valence-electron chi connectivity index (χ4n) is 13.8. The maximum Gasteiger partial charge on any atom is 0.338 e. The summed E-state index contributed by atoms with van der Waals surface area (Å²) in [7, 11) is 2.82. The van der Waals surface area contributed by atoms with Gasteiger partial charge in [0, 0.05) is 24.7 Å². The molecule has 21 heteroatoms. The van der Waals surface area contributed by atoms with Crippen molar-refractivity contribution in [2.45, 2.75) is 197 Å². The number of aliphatic hydroxyl groups excluding tert-OH is 7. The van der Waals surface area contributed by atoms with Gasteiger partial charge < -0.3 is 88.2 Å². The van der Waals surface area contributed by atoms with Gasteiger partial charge in [0.1, 0.15) is 60.2 Å². The lowest BCUT2D eigenvalue weighted by molar-refractivity contribution is -0.345. The summed E-state index contributed by atoms with van der Waals surface area (Å²) in [6.45, 7) is 9.82. The zero-order valence-electron chi connectivity index (χ0n) is 44.2. The molecule has 21 nitrogen and oxygen atoms in total. The average molecular weight is 1070 g/mol. The number of carbonyl (C=O) groups is 3. The Morgan fingerprint density at radius 1 is 0.773 bits per heavy atom. The molecular weight excluding hydrogens is 985 g/mol. The number of fused-ring (bicyclic) bond motifs is 5. The Balaban J connectivity index is 1.05. The van der Waals surface area contributed by atoms with Crippen molar-refractivity contribution in [3.05, 3.63) is 35.4 Å². The second-order valence-electron chi connectivity index (χ2n) is 22.9. The Kier molecular flexibility index (Phi) is 17.8. The molecular formula is C54H80O21. The van der Waals surface area contributed by atoms with Crippen molar-refractivity contribution in [1.82, 2.24) is 0 Å². The Labute approximate surface area is 437 Å². The molecule has 0 bridgehead atoms. The number of hydrogen-bond donors (Lipinski definition) is 8. The van der Waals surface area contributed by atoms with E-state index < -0.39 is 135 Å². The second-order valence-corrected chi connectivity index (χ2v) is 22.9. The zero-order valence-corrected chi connectivity index (χ0v) is 44.2. The molecule has 3 saturated carbocycles. The van der Waals surface area contributed by atoms with Crippen LogP contribution >= 0.6 is 0 Å². The molecule has 6 fully saturated rings. The van der Waals surface area contributed by atoms with Gasteiger partial charge in [-0.05, 0) is 98.7 Å². The zero-order chi connectivity index (χ0) is 54.5. The number of esters is 2. The van der Waals surface area contributed by atoms with E-state index in [0.717, 1.165) is 19.8 Å². The first-order valence-electron chi connectivity index (χ1n) is 26.6. The van der Waals surface area contributed by atoms with Crippen LogP contribution in [0.2, 0.25) is 0 Å². The van der Waals surface area contributed by atoms with E-state index in [1.807, 2.05) is 20.8 Å². The molecule has 4 aliphatic carbocycles. The van der Waals surface area contributed by atoms with Crippen molar-refractivity contribution in [3.63, 3.8) is 0 Å². The van der Waals surface area contributed by atoms with Crippen molar-refractivity contribution in [2.24, 2.45) is 40.4 Å². The van der Waals surface area contributed by atoms with Crippen LogP contribution in [-0.4, -0.2) is 190 Å². The molecule has 7 aliphatic rings. The maximum atomic E-state index is 14.4. The first-order valence-corrected chi connectivity index (χ1v) is 26.6. The minimum Gasteiger partial charge on any atom is -0.493 e. The minimum absolute atomic E-state index is 0.00322. The first-order chi connectivity index (χ1) is 35.5. The van der Waals surface area contributed by atoms with E-state index in [9.17, 15) is 55.2 Å². The monoisotopic (exact) mass is 1060 g/mol. The minimum atomic E-state index is -1.77. The van der Waals surface area contributed by atoms with Crippen LogP contribution in [0.4, 0.5) is 0 Å². The highest BCUT2D eigenvalue weighted by Gasteiger charge is 2.71. The molecule has 75 heavy (non-hydrogen) atoms. The molecule has 0 spiro atoms. The molecule has 3 aliphatic heterocycles. The van der Waals surface area contributed by atoms with Gasteiger partial charge in [-0.25, -0.2) is 4.79 Å². The van der Waals surface area contributed by atoms with E-state index >= 15 is 0 Å². The molecule has 0 unspecified atom stereocenters. The number of ketones is 1. The van der Waals surface area contributed by atoms with Gasteiger partial charge >= 0.3 is 11.9 Å². The van der Waals surface area contributed by atoms with Crippen LogP contribution in [0.5, 0.6) is 11.5 Å². The van der Waals surface area contributed by atoms with Gasteiger partial charge in [0.25, 0.3) is 0 Å². The van der Waals surface area contributed by atoms with Crippen molar-refractivity contribution in [3.8, 4) is 11.5 Å². The third-order valence-corrected chi connectivity index (χ3v) is 18.2. The molecule has 0 amide bonds. The highest BCUT2D eigenvalue weighted by Crippen LogP contribution is 2.69. The van der Waals surface area contributed by atoms with Gasteiger partial charge in [-0.1, -0.05) is 46.3 Å². The highest BCUT2D eigenvalue weighted by atomic mass is 16.8. The summed E-state index contributed by atoms with van der Waals surface area (Å²) in [6.07, 6.45) is -13.8. The van der Waals surface area contributed by atoms with Crippen LogP contribution in [0.15, 0.2) is 29.8 Å². The van der Waals surface area contributed by atoms with E-state index in [1.165, 1.54) is 38.0 Å². The van der Waals surface area contributed by atoms with E-state index in [0.29, 0.717) is 44.3 Å². The van der Waals surface area contributed by atoms with Gasteiger partial charge in [-0.3, -0.25) is 9.59 Å². The molecule has 3 heterocycles. The lowest BCUT2D eigenvalue weighted by Gasteiger charge is -2.59. The molecule has 0 aromatic heterocycles. The van der Waals surface area contributed by atoms with Crippen LogP contribution in [0.1, 0.15) is 110 Å². The molecule has 8 N–H and O–H groups in total. The predicted molar refractivity (Wildman–Crippen MR) is 260 cm³/mol. The third kappa shape index (κ3) is 10.9. The fourth-order valence-corrected chi connectivity index (χ4v) is 13.8. The number of allylic oxidation sites excluding steroid dienone is 1. The lowest BCUT2D eigenvalue weighted by atomic mass is 9.46. The van der Waals surface area contributed by atoms with Crippen molar-refractivity contribution >= 4 is 17.7 Å². The predicted octanol–water partition coefficient (Wildman–Crippen LogP) is 1.86. The summed E-state index contributed by atoms with van der Waals surface area (Å²) < 4.78 is 59.4. The molecule has 8 rings (SSSR count). The summed E-state index contributed by atoms with van der Waals surface area (Å²) in [5.74, 6) is -1.98. The van der Waals surface area contributed by atoms with Crippen molar-refractivity contribution in [2.75, 3.05) is 34.0 Å². The standard InChI is InChI=1S/C54H80O21/c1-25(2)9-13-34(57)26(3)54(65)40(21-33-31-12-11-29-20-30(15-17-52(29,5)32(31)16-18-53(33,54)6)71-49-44(63)43(62)42(61)39(22-55)72-49)73-51-47(70-27(4)56)45(36(59)24-69-51)75-50-46(41(60)35(58)23-68-50)74-48(64)28-10-14-37(66-7)38(19-28)67-8/h10-11,14,19,25-26,30-33,35-36,39-47,49-51,55,58-63,65H,9,12-13,15-18,20-24H2,1-8H3/t26-,30+,31-,32+,33+,35-,36+,39-,40+,41+,42-,43+,44-,45+,46-,47-,49-,50+,51+,52+,53+,54-/m1/s1. The van der Waals surface area contributed by atoms with Crippen LogP contribution < -0.4 is 9.47 Å². The topological polar surface area (TPSA) is 305 Å². The van der Waals surface area contributed by atoms with E-state index in [1.54, 1.807) is 6.92 Å². The van der Waals surface area contributed by atoms with E-state index in [2.05, 4.69) is 13.0 Å². The molecule has 22 atom stereocenters. The van der Waals surface area contributed by atoms with E-state index in [4.69, 9.17) is 47.4 Å². The summed E-state index contributed by atoms with van der Waals surface area (Å²) in [4.78, 5) is 40.9. The number of rotatable bonds is 17. The number of aliphatic hydroxyl groups is 8. The number of methoxy groups -OCH3 is 2. The lowest BCUT2D eigenvalue weighted by Crippen LogP contribution is -2.64.